The van der Waals surface area contributed by atoms with Crippen LogP contribution < -0.4 is 0 Å². The normalized spacial score (nSPS) is 11.4. The summed E-state index contributed by atoms with van der Waals surface area (Å²) in [5.74, 6) is 0. The molecule has 1 aromatic rings. The number of hydrogen-bond donors (Lipinski definition) is 2. The van der Waals surface area contributed by atoms with Crippen LogP contribution in [0, 0.1) is 0 Å². The zero-order valence-corrected chi connectivity index (χ0v) is 13.1. The van der Waals surface area contributed by atoms with Crippen molar-refractivity contribution in [1.82, 2.24) is 4.31 Å². The van der Waals surface area contributed by atoms with Crippen molar-refractivity contribution in [2.75, 3.05) is 13.1 Å². The molecule has 0 heterocycles. The molecule has 0 spiro atoms. The zero-order valence-electron chi connectivity index (χ0n) is 9.51. The van der Waals surface area contributed by atoms with E-state index < -0.39 is 10.0 Å². The maximum absolute atomic E-state index is 12.2. The van der Waals surface area contributed by atoms with Gasteiger partial charge in [-0.3, -0.25) is 0 Å². The van der Waals surface area contributed by atoms with Crippen LogP contribution >= 0.6 is 25.3 Å². The van der Waals surface area contributed by atoms with Gasteiger partial charge < -0.3 is 0 Å². The van der Waals surface area contributed by atoms with Crippen LogP contribution in [-0.2, 0) is 27.1 Å². The van der Waals surface area contributed by atoms with Crippen molar-refractivity contribution in [3.63, 3.8) is 0 Å². The summed E-state index contributed by atoms with van der Waals surface area (Å²) in [5, 5.41) is 0. The molecule has 1 aromatic carbocycles. The Kier molecular flexibility index (Phi) is 7.21. The van der Waals surface area contributed by atoms with Gasteiger partial charge in [-0.05, 0) is 12.1 Å². The summed E-state index contributed by atoms with van der Waals surface area (Å²) < 4.78 is 25.8. The minimum atomic E-state index is -3.45. The number of thiol groups is 2. The number of rotatable bonds is 4. The van der Waals surface area contributed by atoms with E-state index in [4.69, 9.17) is 0 Å². The summed E-state index contributed by atoms with van der Waals surface area (Å²) in [7, 11) is -3.45. The van der Waals surface area contributed by atoms with Crippen LogP contribution in [0.25, 0.3) is 0 Å². The Bertz CT molecular complexity index is 472. The van der Waals surface area contributed by atoms with Crippen LogP contribution in [0.4, 0.5) is 0 Å². The van der Waals surface area contributed by atoms with E-state index in [2.05, 4.69) is 25.3 Å². The van der Waals surface area contributed by atoms with E-state index in [1.54, 1.807) is 18.2 Å². The SMILES string of the molecule is CCN(CC)S(=O)(=O)c1cccc(S)c1S.[Cu]. The first-order chi connectivity index (χ1) is 7.45. The van der Waals surface area contributed by atoms with Gasteiger partial charge in [0.25, 0.3) is 0 Å². The summed E-state index contributed by atoms with van der Waals surface area (Å²) >= 11 is 8.36. The van der Waals surface area contributed by atoms with Crippen LogP contribution in [0.1, 0.15) is 13.8 Å². The smallest absolute Gasteiger partial charge is 0.207 e. The largest absolute Gasteiger partial charge is 0.244 e. The zero-order chi connectivity index (χ0) is 12.3. The number of nitrogens with zero attached hydrogens (tertiary/aromatic N) is 1. The first-order valence-corrected chi connectivity index (χ1v) is 7.29. The van der Waals surface area contributed by atoms with Crippen LogP contribution in [0.2, 0.25) is 0 Å². The molecule has 17 heavy (non-hydrogen) atoms. The number of sulfonamides is 1. The van der Waals surface area contributed by atoms with Gasteiger partial charge in [0.15, 0.2) is 0 Å². The second-order valence-corrected chi connectivity index (χ2v) is 6.05. The van der Waals surface area contributed by atoms with E-state index in [9.17, 15) is 8.42 Å². The van der Waals surface area contributed by atoms with E-state index in [1.165, 1.54) is 4.31 Å². The second kappa shape index (κ2) is 7.07. The Morgan fingerprint density at radius 2 is 1.71 bits per heavy atom. The number of hydrogen-bond acceptors (Lipinski definition) is 4. The molecule has 0 amide bonds. The van der Waals surface area contributed by atoms with Crippen molar-refractivity contribution in [2.45, 2.75) is 28.5 Å². The number of benzene rings is 1. The third-order valence-electron chi connectivity index (χ3n) is 2.30. The van der Waals surface area contributed by atoms with Crippen molar-refractivity contribution in [2.24, 2.45) is 0 Å². The Morgan fingerprint density at radius 1 is 1.18 bits per heavy atom. The Balaban J connectivity index is 0.00000256. The van der Waals surface area contributed by atoms with E-state index in [1.807, 2.05) is 13.8 Å². The van der Waals surface area contributed by atoms with Gasteiger partial charge in [-0.1, -0.05) is 19.9 Å². The fraction of sp³-hybridized carbons (Fsp3) is 0.400. The first kappa shape index (κ1) is 17.3. The maximum Gasteiger partial charge on any atom is 0.244 e. The molecule has 0 aromatic heterocycles. The summed E-state index contributed by atoms with van der Waals surface area (Å²) in [6.07, 6.45) is 0. The molecule has 1 radical (unpaired) electrons. The van der Waals surface area contributed by atoms with Gasteiger partial charge >= 0.3 is 0 Å². The molecule has 0 fully saturated rings. The molecule has 0 aliphatic heterocycles. The molecular weight excluding hydrogens is 326 g/mol. The van der Waals surface area contributed by atoms with E-state index in [0.29, 0.717) is 22.9 Å². The Hall–Kier alpha value is 0.349. The molecule has 0 aliphatic rings. The summed E-state index contributed by atoms with van der Waals surface area (Å²) in [5.41, 5.74) is 0. The molecule has 0 N–H and O–H groups in total. The van der Waals surface area contributed by atoms with Gasteiger partial charge in [0.1, 0.15) is 0 Å². The van der Waals surface area contributed by atoms with Crippen molar-refractivity contribution in [1.29, 1.82) is 0 Å². The third-order valence-corrected chi connectivity index (χ3v) is 5.58. The van der Waals surface area contributed by atoms with Gasteiger partial charge in [-0.15, -0.1) is 25.3 Å². The van der Waals surface area contributed by atoms with Crippen molar-refractivity contribution >= 4 is 35.3 Å². The monoisotopic (exact) mass is 340 g/mol. The van der Waals surface area contributed by atoms with Crippen LogP contribution in [-0.4, -0.2) is 25.8 Å². The molecule has 0 saturated carbocycles. The average molecular weight is 341 g/mol. The predicted molar refractivity (Wildman–Crippen MR) is 71.1 cm³/mol. The summed E-state index contributed by atoms with van der Waals surface area (Å²) in [6, 6.07) is 4.93. The fourth-order valence-corrected chi connectivity index (χ4v) is 3.76. The van der Waals surface area contributed by atoms with Gasteiger partial charge in [-0.25, -0.2) is 8.42 Å². The van der Waals surface area contributed by atoms with Gasteiger partial charge in [0.2, 0.25) is 10.0 Å². The van der Waals surface area contributed by atoms with Gasteiger partial charge in [0, 0.05) is 39.9 Å². The second-order valence-electron chi connectivity index (χ2n) is 3.21. The topological polar surface area (TPSA) is 37.4 Å². The standard InChI is InChI=1S/C10H15NO2S3.Cu/c1-3-11(4-2)16(12,13)9-7-5-6-8(14)10(9)15;/h5-7,14-15H,3-4H2,1-2H3;. The van der Waals surface area contributed by atoms with Crippen molar-refractivity contribution in [3.8, 4) is 0 Å². The predicted octanol–water partition coefficient (Wildman–Crippen LogP) is 2.29. The first-order valence-electron chi connectivity index (χ1n) is 4.96. The Labute approximate surface area is 124 Å². The average Bonchev–Trinajstić information content (AvgIpc) is 2.23. The summed E-state index contributed by atoms with van der Waals surface area (Å²) in [4.78, 5) is 1.18. The van der Waals surface area contributed by atoms with E-state index >= 15 is 0 Å². The minimum Gasteiger partial charge on any atom is -0.207 e. The fourth-order valence-electron chi connectivity index (χ4n) is 1.42. The molecule has 3 nitrogen and oxygen atoms in total. The molecular formula is C10H15CuNO2S3. The molecule has 0 saturated heterocycles. The van der Waals surface area contributed by atoms with Crippen LogP contribution in [0.5, 0.6) is 0 Å². The third kappa shape index (κ3) is 3.65. The van der Waals surface area contributed by atoms with Crippen molar-refractivity contribution in [3.05, 3.63) is 18.2 Å². The van der Waals surface area contributed by atoms with Crippen LogP contribution in [0.3, 0.4) is 0 Å². The molecule has 0 bridgehead atoms. The molecule has 0 atom stereocenters. The quantitative estimate of drug-likeness (QED) is 0.652. The molecule has 0 unspecified atom stereocenters. The summed E-state index contributed by atoms with van der Waals surface area (Å²) in [6.45, 7) is 4.51. The Morgan fingerprint density at radius 3 is 2.18 bits per heavy atom. The van der Waals surface area contributed by atoms with Crippen molar-refractivity contribution < 1.29 is 25.5 Å². The molecule has 1 rings (SSSR count). The maximum atomic E-state index is 12.2. The molecule has 7 heteroatoms. The molecule has 101 valence electrons. The van der Waals surface area contributed by atoms with E-state index in [-0.39, 0.29) is 22.0 Å². The molecule has 0 aliphatic carbocycles. The van der Waals surface area contributed by atoms with Gasteiger partial charge in [-0.2, -0.15) is 4.31 Å². The van der Waals surface area contributed by atoms with Gasteiger partial charge in [0.05, 0.1) is 4.90 Å². The minimum absolute atomic E-state index is 0. The van der Waals surface area contributed by atoms with E-state index in [0.717, 1.165) is 0 Å². The van der Waals surface area contributed by atoms with Crippen LogP contribution in [0.15, 0.2) is 32.9 Å².